The number of imide groups is 1. The molecule has 0 radical (unpaired) electrons. The van der Waals surface area contributed by atoms with Gasteiger partial charge < -0.3 is 47.1 Å². The smallest absolute Gasteiger partial charge is 0.314 e. The molecule has 0 aromatic heterocycles. The predicted octanol–water partition coefficient (Wildman–Crippen LogP) is 9.25. The van der Waals surface area contributed by atoms with Crippen LogP contribution in [0.5, 0.6) is 0 Å². The number of nitrogens with zero attached hydrogens (tertiary/aromatic N) is 1. The number of carbonyl (C=O) groups is 2. The van der Waals surface area contributed by atoms with Crippen LogP contribution in [0.1, 0.15) is 48.5 Å². The molecule has 3 saturated heterocycles. The van der Waals surface area contributed by atoms with Crippen LogP contribution in [0.2, 0.25) is 19.6 Å². The SMILES string of the molecule is C[Si](C)(C)O[C@H]1[C@@H]2O[C@]3(OC[C@H]2O[C@@H](OCc2ccccc2)[C@@H]1N1C(=O)c2ccccc2C1=O)O[C@H](COCc1ccccc1)[C@@H](OCc1ccccc1)[C@H](OCc1ccccc1)[C@H]3OCc1ccccc1. The summed E-state index contributed by atoms with van der Waals surface area (Å²) >= 11 is 0. The maximum atomic E-state index is 14.6. The number of fused-ring (bicyclic) bond motifs is 2. The number of hydrogen-bond acceptors (Lipinski definition) is 12. The summed E-state index contributed by atoms with van der Waals surface area (Å²) in [6.45, 7) is 7.09. The lowest BCUT2D eigenvalue weighted by Gasteiger charge is -2.58. The van der Waals surface area contributed by atoms with E-state index in [1.807, 2.05) is 152 Å². The third kappa shape index (κ3) is 11.4. The monoisotopic (exact) mass is 991 g/mol. The van der Waals surface area contributed by atoms with Crippen LogP contribution in [0.4, 0.5) is 0 Å². The van der Waals surface area contributed by atoms with Crippen molar-refractivity contribution in [2.24, 2.45) is 0 Å². The Kier molecular flexibility index (Phi) is 15.6. The zero-order chi connectivity index (χ0) is 49.5. The predicted molar refractivity (Wildman–Crippen MR) is 268 cm³/mol. The van der Waals surface area contributed by atoms with Gasteiger partial charge in [0.25, 0.3) is 11.8 Å². The van der Waals surface area contributed by atoms with E-state index in [-0.39, 0.29) is 50.8 Å². The minimum Gasteiger partial charge on any atom is -0.410 e. The summed E-state index contributed by atoms with van der Waals surface area (Å²) < 4.78 is 70.0. The second-order valence-electron chi connectivity index (χ2n) is 19.4. The van der Waals surface area contributed by atoms with E-state index in [1.54, 1.807) is 24.3 Å². The second-order valence-corrected chi connectivity index (χ2v) is 23.9. The highest BCUT2D eigenvalue weighted by atomic mass is 28.4. The third-order valence-corrected chi connectivity index (χ3v) is 14.1. The number of ether oxygens (including phenoxy) is 9. The highest BCUT2D eigenvalue weighted by molar-refractivity contribution is 6.69. The molecule has 4 aliphatic heterocycles. The molecule has 6 aromatic carbocycles. The maximum absolute atomic E-state index is 14.6. The standard InChI is InChI=1S/C58H61NO12Si/c1-72(2,3)71-52-49(59-55(60)45-31-19-20-32-46(45)56(59)61)57(66-37-44-29-17-8-18-30-44)68-47-39-67-58(70-51(47)52)54(65-36-43-27-15-7-16-28-43)53(64-35-42-25-13-6-14-26-42)50(63-34-41-23-11-5-12-24-41)48(69-58)38-62-33-40-21-9-4-10-22-40/h4-32,47-54,57H,33-39H2,1-3H3/t47-,48-,49-,50-,51-,52-,53+,54-,57-,58-/m1/s1. The summed E-state index contributed by atoms with van der Waals surface area (Å²) in [5.74, 6) is -2.98. The topological polar surface area (TPSA) is 130 Å². The number of amides is 2. The van der Waals surface area contributed by atoms with E-state index in [0.29, 0.717) is 6.61 Å². The highest BCUT2D eigenvalue weighted by Gasteiger charge is 2.66. The van der Waals surface area contributed by atoms with Crippen molar-refractivity contribution in [3.05, 3.63) is 215 Å². The Morgan fingerprint density at radius 1 is 0.528 bits per heavy atom. The van der Waals surface area contributed by atoms with Gasteiger partial charge in [-0.2, -0.15) is 0 Å². The molecular weight excluding hydrogens is 931 g/mol. The van der Waals surface area contributed by atoms with Gasteiger partial charge in [-0.3, -0.25) is 14.5 Å². The lowest BCUT2D eigenvalue weighted by molar-refractivity contribution is -0.514. The van der Waals surface area contributed by atoms with Gasteiger partial charge in [0.15, 0.2) is 20.7 Å². The van der Waals surface area contributed by atoms with E-state index >= 15 is 0 Å². The molecule has 0 unspecified atom stereocenters. The quantitative estimate of drug-likeness (QED) is 0.0567. The van der Waals surface area contributed by atoms with Crippen molar-refractivity contribution in [2.75, 3.05) is 13.2 Å². The van der Waals surface area contributed by atoms with Gasteiger partial charge in [-0.05, 0) is 59.6 Å². The molecule has 10 rings (SSSR count). The van der Waals surface area contributed by atoms with Gasteiger partial charge >= 0.3 is 5.97 Å². The number of rotatable bonds is 19. The molecule has 0 N–H and O–H groups in total. The van der Waals surface area contributed by atoms with E-state index in [9.17, 15) is 9.59 Å². The first-order chi connectivity index (χ1) is 35.1. The van der Waals surface area contributed by atoms with Gasteiger partial charge in [-0.1, -0.05) is 164 Å². The van der Waals surface area contributed by atoms with Crippen LogP contribution in [0, 0.1) is 0 Å². The summed E-state index contributed by atoms with van der Waals surface area (Å²) in [6, 6.07) is 54.9. The van der Waals surface area contributed by atoms with Gasteiger partial charge in [0.1, 0.15) is 36.6 Å². The first-order valence-corrected chi connectivity index (χ1v) is 28.1. The summed E-state index contributed by atoms with van der Waals surface area (Å²) in [5.41, 5.74) is 5.20. The normalized spacial score (nSPS) is 27.2. The zero-order valence-corrected chi connectivity index (χ0v) is 41.7. The van der Waals surface area contributed by atoms with Gasteiger partial charge in [-0.15, -0.1) is 0 Å². The van der Waals surface area contributed by atoms with Crippen LogP contribution in [0.15, 0.2) is 176 Å². The highest BCUT2D eigenvalue weighted by Crippen LogP contribution is 2.46. The van der Waals surface area contributed by atoms with Crippen LogP contribution in [-0.2, 0) is 80.1 Å². The van der Waals surface area contributed by atoms with Crippen molar-refractivity contribution in [3.63, 3.8) is 0 Å². The molecule has 10 atom stereocenters. The first kappa shape index (κ1) is 49.8. The molecule has 0 saturated carbocycles. The molecule has 14 heteroatoms. The van der Waals surface area contributed by atoms with E-state index in [4.69, 9.17) is 47.1 Å². The summed E-state index contributed by atoms with van der Waals surface area (Å²) in [7, 11) is -2.59. The molecule has 0 aliphatic carbocycles. The van der Waals surface area contributed by atoms with Crippen molar-refractivity contribution in [1.82, 2.24) is 4.90 Å². The van der Waals surface area contributed by atoms with Crippen LogP contribution >= 0.6 is 0 Å². The Bertz CT molecular complexity index is 2660. The van der Waals surface area contributed by atoms with Gasteiger partial charge in [-0.25, -0.2) is 0 Å². The summed E-state index contributed by atoms with van der Waals surface area (Å²) in [4.78, 5) is 30.5. The van der Waals surface area contributed by atoms with Crippen molar-refractivity contribution >= 4 is 20.1 Å². The Morgan fingerprint density at radius 3 is 1.47 bits per heavy atom. The molecule has 374 valence electrons. The van der Waals surface area contributed by atoms with Crippen LogP contribution in [0.25, 0.3) is 0 Å². The van der Waals surface area contributed by atoms with Crippen LogP contribution < -0.4 is 0 Å². The molecule has 13 nitrogen and oxygen atoms in total. The van der Waals surface area contributed by atoms with Crippen molar-refractivity contribution in [3.8, 4) is 0 Å². The summed E-state index contributed by atoms with van der Waals surface area (Å²) in [6.07, 6.45) is -7.66. The van der Waals surface area contributed by atoms with E-state index in [0.717, 1.165) is 27.8 Å². The molecule has 2 amide bonds. The lowest BCUT2D eigenvalue weighted by atomic mass is 9.92. The Balaban J connectivity index is 1.06. The van der Waals surface area contributed by atoms with Gasteiger partial charge in [0, 0.05) is 0 Å². The van der Waals surface area contributed by atoms with Gasteiger partial charge in [0.2, 0.25) is 0 Å². The molecule has 0 bridgehead atoms. The lowest BCUT2D eigenvalue weighted by Crippen LogP contribution is -2.76. The fourth-order valence-corrected chi connectivity index (χ4v) is 10.9. The van der Waals surface area contributed by atoms with E-state index < -0.39 is 81.2 Å². The zero-order valence-electron chi connectivity index (χ0n) is 40.7. The van der Waals surface area contributed by atoms with Gasteiger partial charge in [0.05, 0.1) is 63.5 Å². The molecule has 72 heavy (non-hydrogen) atoms. The number of benzene rings is 6. The molecule has 1 spiro atoms. The Morgan fingerprint density at radius 2 is 0.972 bits per heavy atom. The molecule has 3 fully saturated rings. The Labute approximate surface area is 421 Å². The number of hydrogen-bond donors (Lipinski definition) is 0. The molecule has 4 aliphatic rings. The largest absolute Gasteiger partial charge is 0.410 e. The van der Waals surface area contributed by atoms with Crippen LogP contribution in [0.3, 0.4) is 0 Å². The minimum absolute atomic E-state index is 0.0475. The molecule has 4 heterocycles. The summed E-state index contributed by atoms with van der Waals surface area (Å²) in [5, 5.41) is 0. The van der Waals surface area contributed by atoms with E-state index in [2.05, 4.69) is 19.6 Å². The van der Waals surface area contributed by atoms with E-state index in [1.165, 1.54) is 4.90 Å². The van der Waals surface area contributed by atoms with Crippen molar-refractivity contribution in [1.29, 1.82) is 0 Å². The first-order valence-electron chi connectivity index (χ1n) is 24.7. The fraction of sp³-hybridized carbons (Fsp3) is 0.345. The van der Waals surface area contributed by atoms with Crippen molar-refractivity contribution in [2.45, 2.75) is 114 Å². The molecule has 6 aromatic rings. The van der Waals surface area contributed by atoms with Crippen molar-refractivity contribution < 1.29 is 56.6 Å². The average Bonchev–Trinajstić information content (AvgIpc) is 3.65. The average molecular weight is 992 g/mol. The third-order valence-electron chi connectivity index (χ3n) is 13.1. The van der Waals surface area contributed by atoms with Crippen LogP contribution in [-0.4, -0.2) is 99.3 Å². The fourth-order valence-electron chi connectivity index (χ4n) is 9.78. The molecular formula is C58H61NO12Si. The number of carbonyl (C=O) groups excluding carboxylic acids is 2. The minimum atomic E-state index is -2.59. The maximum Gasteiger partial charge on any atom is 0.314 e. The Hall–Kier alpha value is -5.72. The second kappa shape index (κ2) is 22.6.